The van der Waals surface area contributed by atoms with Crippen LogP contribution in [0.25, 0.3) is 0 Å². The summed E-state index contributed by atoms with van der Waals surface area (Å²) >= 11 is 0. The summed E-state index contributed by atoms with van der Waals surface area (Å²) in [6.45, 7) is 3.59. The van der Waals surface area contributed by atoms with Gasteiger partial charge in [-0.3, -0.25) is 18.6 Å². The number of carbonyl (C=O) groups is 2. The van der Waals surface area contributed by atoms with Crippen molar-refractivity contribution in [3.8, 4) is 0 Å². The molecule has 3 unspecified atom stereocenters. The smallest absolute Gasteiger partial charge is 0.462 e. The normalized spacial score (nSPS) is 17.8. The summed E-state index contributed by atoms with van der Waals surface area (Å²) in [6, 6.07) is 0. The molecule has 10 nitrogen and oxygen atoms in total. The van der Waals surface area contributed by atoms with E-state index in [1.165, 1.54) is 51.4 Å². The molecule has 0 spiro atoms. The summed E-state index contributed by atoms with van der Waals surface area (Å²) in [4.78, 5) is 34.7. The molecule has 1 fully saturated rings. The molecule has 0 amide bonds. The minimum atomic E-state index is -4.39. The Kier molecular flexibility index (Phi) is 30.9. The van der Waals surface area contributed by atoms with Crippen molar-refractivity contribution in [1.82, 2.24) is 0 Å². The average Bonchev–Trinajstić information content (AvgIpc) is 3.88. The highest BCUT2D eigenvalue weighted by molar-refractivity contribution is 7.47. The standard InChI is InChI=1S/C41H72NO9P/c1-3-5-7-8-9-10-11-12-13-18-21-24-28-32-41(44)50-37(36-49-52(45,46)48-34-33-42)35-47-40(43)31-27-23-20-17-15-14-16-19-22-26-30-39-38(51-39)29-25-6-4-2/h10-11,14,16-17,20,22,26,37-39H,3-9,12-13,15,18-19,21,23-25,27-36,42H2,1-2H3,(H,45,46)/b11-10-,16-14-,20-17-,26-22-/t37-,38?,39?/m1/s1. The Labute approximate surface area is 315 Å². The highest BCUT2D eigenvalue weighted by Gasteiger charge is 2.36. The molecular weight excluding hydrogens is 681 g/mol. The quantitative estimate of drug-likeness (QED) is 0.0208. The number of epoxide rings is 1. The topological polar surface area (TPSA) is 147 Å². The first-order valence-electron chi connectivity index (χ1n) is 20.2. The van der Waals surface area contributed by atoms with Crippen LogP contribution < -0.4 is 5.73 Å². The molecule has 52 heavy (non-hydrogen) atoms. The second-order valence-corrected chi connectivity index (χ2v) is 15.0. The van der Waals surface area contributed by atoms with E-state index in [1.807, 2.05) is 6.08 Å². The predicted molar refractivity (Wildman–Crippen MR) is 210 cm³/mol. The molecule has 1 aliphatic rings. The fraction of sp³-hybridized carbons (Fsp3) is 0.756. The number of hydrogen-bond donors (Lipinski definition) is 2. The van der Waals surface area contributed by atoms with Crippen molar-refractivity contribution in [1.29, 1.82) is 0 Å². The summed E-state index contributed by atoms with van der Waals surface area (Å²) < 4.78 is 38.3. The minimum absolute atomic E-state index is 0.0414. The second kappa shape index (κ2) is 33.5. The van der Waals surface area contributed by atoms with Gasteiger partial charge in [0.1, 0.15) is 6.61 Å². The number of rotatable bonds is 36. The van der Waals surface area contributed by atoms with E-state index in [9.17, 15) is 19.0 Å². The van der Waals surface area contributed by atoms with Crippen molar-refractivity contribution in [2.45, 2.75) is 173 Å². The number of phosphoric acid groups is 1. The summed E-state index contributed by atoms with van der Waals surface area (Å²) in [7, 11) is -4.39. The first kappa shape index (κ1) is 48.0. The molecule has 0 aromatic carbocycles. The van der Waals surface area contributed by atoms with Crippen molar-refractivity contribution in [2.24, 2.45) is 5.73 Å². The van der Waals surface area contributed by atoms with Crippen molar-refractivity contribution < 1.29 is 42.3 Å². The summed E-state index contributed by atoms with van der Waals surface area (Å²) in [6.07, 6.45) is 38.9. The first-order valence-corrected chi connectivity index (χ1v) is 21.7. The van der Waals surface area contributed by atoms with Gasteiger partial charge in [0.25, 0.3) is 0 Å². The first-order chi connectivity index (χ1) is 25.3. The van der Waals surface area contributed by atoms with E-state index in [4.69, 9.17) is 29.0 Å². The molecule has 4 atom stereocenters. The lowest BCUT2D eigenvalue weighted by Gasteiger charge is -2.19. The van der Waals surface area contributed by atoms with Crippen LogP contribution in [0.3, 0.4) is 0 Å². The highest BCUT2D eigenvalue weighted by atomic mass is 31.2. The van der Waals surface area contributed by atoms with Crippen molar-refractivity contribution in [3.63, 3.8) is 0 Å². The lowest BCUT2D eigenvalue weighted by atomic mass is 10.1. The molecule has 1 heterocycles. The number of allylic oxidation sites excluding steroid dienone is 7. The Morgan fingerprint density at radius 3 is 1.98 bits per heavy atom. The maximum absolute atomic E-state index is 12.5. The average molecular weight is 754 g/mol. The zero-order chi connectivity index (χ0) is 38.0. The van der Waals surface area contributed by atoms with Crippen molar-refractivity contribution >= 4 is 19.8 Å². The van der Waals surface area contributed by atoms with Crippen LogP contribution in [-0.2, 0) is 37.4 Å². The molecule has 0 aromatic rings. The molecule has 0 radical (unpaired) electrons. The number of phosphoric ester groups is 1. The number of esters is 2. The van der Waals surface area contributed by atoms with Gasteiger partial charge in [-0.2, -0.15) is 0 Å². The number of carbonyl (C=O) groups excluding carboxylic acids is 2. The Morgan fingerprint density at radius 1 is 0.692 bits per heavy atom. The van der Waals surface area contributed by atoms with E-state index in [0.29, 0.717) is 25.0 Å². The maximum Gasteiger partial charge on any atom is 0.472 e. The van der Waals surface area contributed by atoms with Gasteiger partial charge in [-0.15, -0.1) is 0 Å². The van der Waals surface area contributed by atoms with E-state index < -0.39 is 32.5 Å². The second-order valence-electron chi connectivity index (χ2n) is 13.5. The van der Waals surface area contributed by atoms with Gasteiger partial charge in [-0.1, -0.05) is 120 Å². The number of ether oxygens (including phenoxy) is 3. The number of unbranched alkanes of at least 4 members (excludes halogenated alkanes) is 12. The van der Waals surface area contributed by atoms with Gasteiger partial charge in [0.2, 0.25) is 0 Å². The molecule has 0 aromatic heterocycles. The lowest BCUT2D eigenvalue weighted by molar-refractivity contribution is -0.161. The summed E-state index contributed by atoms with van der Waals surface area (Å²) in [5, 5.41) is 0. The van der Waals surface area contributed by atoms with Crippen LogP contribution in [-0.4, -0.2) is 61.5 Å². The monoisotopic (exact) mass is 753 g/mol. The third-order valence-corrected chi connectivity index (χ3v) is 9.60. The predicted octanol–water partition coefficient (Wildman–Crippen LogP) is 10.1. The maximum atomic E-state index is 12.5. The van der Waals surface area contributed by atoms with E-state index in [-0.39, 0.29) is 32.6 Å². The molecule has 0 saturated carbocycles. The van der Waals surface area contributed by atoms with E-state index in [1.54, 1.807) is 0 Å². The van der Waals surface area contributed by atoms with Crippen LogP contribution in [0.2, 0.25) is 0 Å². The molecule has 1 saturated heterocycles. The van der Waals surface area contributed by atoms with Crippen LogP contribution in [0.15, 0.2) is 48.6 Å². The Hall–Kier alpha value is -2.07. The van der Waals surface area contributed by atoms with Crippen LogP contribution in [0, 0.1) is 0 Å². The van der Waals surface area contributed by atoms with E-state index in [0.717, 1.165) is 64.2 Å². The molecule has 1 aliphatic heterocycles. The fourth-order valence-corrected chi connectivity index (χ4v) is 6.24. The van der Waals surface area contributed by atoms with Crippen molar-refractivity contribution in [2.75, 3.05) is 26.4 Å². The van der Waals surface area contributed by atoms with Gasteiger partial charge in [-0.05, 0) is 70.6 Å². The molecule has 300 valence electrons. The zero-order valence-corrected chi connectivity index (χ0v) is 33.4. The van der Waals surface area contributed by atoms with Crippen LogP contribution in [0.5, 0.6) is 0 Å². The molecular formula is C41H72NO9P. The Balaban J connectivity index is 2.24. The highest BCUT2D eigenvalue weighted by Crippen LogP contribution is 2.43. The molecule has 0 bridgehead atoms. The van der Waals surface area contributed by atoms with Gasteiger partial charge in [-0.25, -0.2) is 4.57 Å². The third-order valence-electron chi connectivity index (χ3n) is 8.61. The molecule has 11 heteroatoms. The van der Waals surface area contributed by atoms with Crippen LogP contribution >= 0.6 is 7.82 Å². The summed E-state index contributed by atoms with van der Waals surface area (Å²) in [5.41, 5.74) is 5.33. The van der Waals surface area contributed by atoms with Gasteiger partial charge >= 0.3 is 19.8 Å². The van der Waals surface area contributed by atoms with E-state index in [2.05, 4.69) is 56.4 Å². The van der Waals surface area contributed by atoms with Gasteiger partial charge in [0.15, 0.2) is 6.10 Å². The Morgan fingerprint density at radius 2 is 1.27 bits per heavy atom. The molecule has 0 aliphatic carbocycles. The van der Waals surface area contributed by atoms with Crippen LogP contribution in [0.1, 0.15) is 155 Å². The summed E-state index contributed by atoms with van der Waals surface area (Å²) in [5.74, 6) is -0.913. The number of hydrogen-bond acceptors (Lipinski definition) is 9. The van der Waals surface area contributed by atoms with E-state index >= 15 is 0 Å². The number of nitrogens with two attached hydrogens (primary N) is 1. The largest absolute Gasteiger partial charge is 0.472 e. The molecule has 1 rings (SSSR count). The van der Waals surface area contributed by atoms with Gasteiger partial charge < -0.3 is 24.8 Å². The molecule has 3 N–H and O–H groups in total. The Bertz CT molecular complexity index is 1060. The van der Waals surface area contributed by atoms with Gasteiger partial charge in [0.05, 0.1) is 25.4 Å². The van der Waals surface area contributed by atoms with Crippen LogP contribution in [0.4, 0.5) is 0 Å². The lowest BCUT2D eigenvalue weighted by Crippen LogP contribution is -2.29. The fourth-order valence-electron chi connectivity index (χ4n) is 5.48. The zero-order valence-electron chi connectivity index (χ0n) is 32.5. The SMILES string of the molecule is CCCCCC/C=C\CCCCCCCC(=O)O[C@H](COC(=O)CCC/C=C\C/C=C\C/C=C\CC1OC1CCCCC)COP(=O)(O)OCCN. The van der Waals surface area contributed by atoms with Crippen molar-refractivity contribution in [3.05, 3.63) is 48.6 Å². The van der Waals surface area contributed by atoms with Gasteiger partial charge in [0, 0.05) is 19.4 Å². The minimum Gasteiger partial charge on any atom is -0.462 e. The third kappa shape index (κ3) is 30.4.